The van der Waals surface area contributed by atoms with E-state index in [1.54, 1.807) is 12.1 Å². The van der Waals surface area contributed by atoms with Gasteiger partial charge in [-0.3, -0.25) is 9.69 Å². The van der Waals surface area contributed by atoms with Crippen molar-refractivity contribution in [1.29, 1.82) is 0 Å². The fraction of sp³-hybridized carbons (Fsp3) is 0.333. The van der Waals surface area contributed by atoms with E-state index in [9.17, 15) is 13.2 Å². The van der Waals surface area contributed by atoms with E-state index in [1.807, 2.05) is 30.3 Å². The van der Waals surface area contributed by atoms with Crippen LogP contribution in [0.5, 0.6) is 0 Å². The van der Waals surface area contributed by atoms with E-state index in [-0.39, 0.29) is 17.1 Å². The number of nitrogens with zero attached hydrogens (tertiary/aromatic N) is 2. The molecule has 2 aromatic rings. The van der Waals surface area contributed by atoms with Gasteiger partial charge in [0.05, 0.1) is 11.4 Å². The summed E-state index contributed by atoms with van der Waals surface area (Å²) in [6, 6.07) is 15.9. The zero-order chi connectivity index (χ0) is 20.2. The zero-order valence-corrected chi connectivity index (χ0v) is 16.4. The SMILES string of the molecule is [C-]#[N+]C1(c2ccccc2)CCN(CC(=O)Cc2ccc(S(N)(=O)=O)cc2)CC1. The molecule has 0 atom stereocenters. The molecule has 1 aliphatic heterocycles. The molecule has 146 valence electrons. The lowest BCUT2D eigenvalue weighted by molar-refractivity contribution is -0.119. The van der Waals surface area contributed by atoms with Crippen LogP contribution in [0.4, 0.5) is 0 Å². The van der Waals surface area contributed by atoms with Gasteiger partial charge in [-0.05, 0) is 17.7 Å². The molecule has 0 aromatic heterocycles. The van der Waals surface area contributed by atoms with E-state index in [2.05, 4.69) is 9.74 Å². The number of rotatable bonds is 6. The van der Waals surface area contributed by atoms with E-state index in [0.29, 0.717) is 32.5 Å². The Morgan fingerprint density at radius 1 is 1.07 bits per heavy atom. The van der Waals surface area contributed by atoms with Crippen molar-refractivity contribution in [2.75, 3.05) is 19.6 Å². The Labute approximate surface area is 165 Å². The summed E-state index contributed by atoms with van der Waals surface area (Å²) in [4.78, 5) is 18.5. The van der Waals surface area contributed by atoms with E-state index < -0.39 is 15.6 Å². The smallest absolute Gasteiger partial charge is 0.260 e. The summed E-state index contributed by atoms with van der Waals surface area (Å²) in [6.45, 7) is 9.42. The lowest BCUT2D eigenvalue weighted by Crippen LogP contribution is -2.43. The predicted octanol–water partition coefficient (Wildman–Crippen LogP) is 2.36. The van der Waals surface area contributed by atoms with Crippen molar-refractivity contribution < 1.29 is 13.2 Å². The van der Waals surface area contributed by atoms with Crippen LogP contribution in [-0.2, 0) is 26.8 Å². The van der Waals surface area contributed by atoms with Gasteiger partial charge in [-0.25, -0.2) is 20.1 Å². The number of hydrogen-bond acceptors (Lipinski definition) is 4. The maximum Gasteiger partial charge on any atom is 0.260 e. The molecule has 0 spiro atoms. The number of hydrogen-bond donors (Lipinski definition) is 1. The molecule has 0 aliphatic carbocycles. The normalized spacial score (nSPS) is 17.0. The Bertz CT molecular complexity index is 972. The van der Waals surface area contributed by atoms with E-state index in [4.69, 9.17) is 11.7 Å². The molecule has 1 fully saturated rings. The highest BCUT2D eigenvalue weighted by Crippen LogP contribution is 2.36. The number of Topliss-reactive ketones (excluding diaryl/α,β-unsaturated/α-hetero) is 1. The number of carbonyl (C=O) groups excluding carboxylic acids is 1. The first kappa shape index (κ1) is 20.2. The maximum atomic E-state index is 12.4. The molecule has 2 aromatic carbocycles. The number of primary sulfonamides is 1. The Hall–Kier alpha value is -2.53. The number of ketones is 1. The molecule has 7 heteroatoms. The van der Waals surface area contributed by atoms with Gasteiger partial charge in [-0.2, -0.15) is 0 Å². The van der Waals surface area contributed by atoms with Crippen molar-refractivity contribution in [2.45, 2.75) is 29.7 Å². The van der Waals surface area contributed by atoms with Crippen LogP contribution >= 0.6 is 0 Å². The number of benzene rings is 2. The molecule has 1 aliphatic rings. The highest BCUT2D eigenvalue weighted by molar-refractivity contribution is 7.89. The first-order valence-electron chi connectivity index (χ1n) is 9.12. The van der Waals surface area contributed by atoms with Crippen molar-refractivity contribution in [3.05, 3.63) is 77.1 Å². The number of nitrogens with two attached hydrogens (primary N) is 1. The van der Waals surface area contributed by atoms with Gasteiger partial charge in [0.2, 0.25) is 10.0 Å². The largest absolute Gasteiger partial charge is 0.305 e. The number of sulfonamides is 1. The second-order valence-corrected chi connectivity index (χ2v) is 8.75. The topological polar surface area (TPSA) is 84.8 Å². The molecule has 28 heavy (non-hydrogen) atoms. The van der Waals surface area contributed by atoms with Crippen molar-refractivity contribution in [3.8, 4) is 0 Å². The van der Waals surface area contributed by atoms with Crippen LogP contribution in [0.3, 0.4) is 0 Å². The number of piperidine rings is 1. The van der Waals surface area contributed by atoms with Gasteiger partial charge in [0, 0.05) is 37.9 Å². The van der Waals surface area contributed by atoms with E-state index >= 15 is 0 Å². The van der Waals surface area contributed by atoms with Crippen LogP contribution in [0.1, 0.15) is 24.0 Å². The van der Waals surface area contributed by atoms with E-state index in [0.717, 1.165) is 11.1 Å². The van der Waals surface area contributed by atoms with Crippen molar-refractivity contribution in [2.24, 2.45) is 5.14 Å². The summed E-state index contributed by atoms with van der Waals surface area (Å²) in [5, 5.41) is 5.08. The van der Waals surface area contributed by atoms with Gasteiger partial charge in [0.25, 0.3) is 5.54 Å². The third-order valence-corrected chi connectivity index (χ3v) is 6.19. The Kier molecular flexibility index (Phi) is 5.94. The predicted molar refractivity (Wildman–Crippen MR) is 107 cm³/mol. The van der Waals surface area contributed by atoms with Gasteiger partial charge in [0.15, 0.2) is 5.78 Å². The second kappa shape index (κ2) is 8.23. The summed E-state index contributed by atoms with van der Waals surface area (Å²) in [5.74, 6) is 0.0679. The van der Waals surface area contributed by atoms with Gasteiger partial charge in [0.1, 0.15) is 0 Å². The summed E-state index contributed by atoms with van der Waals surface area (Å²) in [5.41, 5.74) is 1.31. The average molecular weight is 398 g/mol. The van der Waals surface area contributed by atoms with Crippen LogP contribution in [0.15, 0.2) is 59.5 Å². The highest BCUT2D eigenvalue weighted by atomic mass is 32.2. The molecular formula is C21H23N3O3S. The van der Waals surface area contributed by atoms with Crippen LogP contribution in [0.25, 0.3) is 4.85 Å². The average Bonchev–Trinajstić information content (AvgIpc) is 2.69. The molecule has 1 saturated heterocycles. The second-order valence-electron chi connectivity index (χ2n) is 7.19. The standard InChI is InChI=1S/C21H23N3O3S/c1-23-21(18-5-3-2-4-6-18)11-13-24(14-12-21)16-19(25)15-17-7-9-20(10-8-17)28(22,26)27/h2-10H,11-16H2,(H2,22,26,27). The Balaban J connectivity index is 1.56. The number of likely N-dealkylation sites (tertiary alicyclic amines) is 1. The molecule has 0 unspecified atom stereocenters. The highest BCUT2D eigenvalue weighted by Gasteiger charge is 2.42. The first-order chi connectivity index (χ1) is 13.3. The lowest BCUT2D eigenvalue weighted by atomic mass is 9.81. The van der Waals surface area contributed by atoms with Crippen molar-refractivity contribution >= 4 is 15.8 Å². The van der Waals surface area contributed by atoms with Crippen molar-refractivity contribution in [1.82, 2.24) is 4.90 Å². The fourth-order valence-electron chi connectivity index (χ4n) is 3.62. The number of carbonyl (C=O) groups is 1. The third-order valence-electron chi connectivity index (χ3n) is 5.26. The lowest BCUT2D eigenvalue weighted by Gasteiger charge is -2.33. The molecule has 0 radical (unpaired) electrons. The Morgan fingerprint density at radius 3 is 2.21 bits per heavy atom. The minimum atomic E-state index is -3.72. The molecular weight excluding hydrogens is 374 g/mol. The Morgan fingerprint density at radius 2 is 1.68 bits per heavy atom. The zero-order valence-electron chi connectivity index (χ0n) is 15.5. The third kappa shape index (κ3) is 4.65. The summed E-state index contributed by atoms with van der Waals surface area (Å²) >= 11 is 0. The molecule has 2 N–H and O–H groups in total. The summed E-state index contributed by atoms with van der Waals surface area (Å²) in [7, 11) is -3.72. The van der Waals surface area contributed by atoms with E-state index in [1.165, 1.54) is 12.1 Å². The monoisotopic (exact) mass is 397 g/mol. The first-order valence-corrected chi connectivity index (χ1v) is 10.7. The molecule has 6 nitrogen and oxygen atoms in total. The van der Waals surface area contributed by atoms with Crippen LogP contribution < -0.4 is 5.14 Å². The maximum absolute atomic E-state index is 12.4. The molecule has 3 rings (SSSR count). The molecule has 0 amide bonds. The van der Waals surface area contributed by atoms with Crippen LogP contribution in [0, 0.1) is 6.57 Å². The van der Waals surface area contributed by atoms with Gasteiger partial charge in [-0.1, -0.05) is 42.5 Å². The van der Waals surface area contributed by atoms with Gasteiger partial charge < -0.3 is 4.85 Å². The van der Waals surface area contributed by atoms with Crippen LogP contribution in [0.2, 0.25) is 0 Å². The minimum absolute atomic E-state index is 0.0381. The van der Waals surface area contributed by atoms with Crippen LogP contribution in [-0.4, -0.2) is 38.7 Å². The minimum Gasteiger partial charge on any atom is -0.305 e. The summed E-state index contributed by atoms with van der Waals surface area (Å²) < 4.78 is 22.6. The quantitative estimate of drug-likeness (QED) is 0.759. The van der Waals surface area contributed by atoms with Gasteiger partial charge >= 0.3 is 0 Å². The van der Waals surface area contributed by atoms with Crippen molar-refractivity contribution in [3.63, 3.8) is 0 Å². The summed E-state index contributed by atoms with van der Waals surface area (Å²) in [6.07, 6.45) is 1.65. The fourth-order valence-corrected chi connectivity index (χ4v) is 4.14. The van der Waals surface area contributed by atoms with Gasteiger partial charge in [-0.15, -0.1) is 0 Å². The molecule has 0 saturated carbocycles. The molecule has 1 heterocycles. The molecule has 0 bridgehead atoms.